The standard InChI is InChI=1S/C15H20ClN5O3S/c1-4-23-13(24-5-2)8-17-14(22)10-7-18-15(25-10)21-12-6-11(16)19-9(3)20-12/h6-7,13H,4-5,8H2,1-3H3,(H,17,22)(H,18,19,20,21). The summed E-state index contributed by atoms with van der Waals surface area (Å²) >= 11 is 7.10. The number of aromatic nitrogens is 3. The number of ether oxygens (including phenoxy) is 2. The van der Waals surface area contributed by atoms with Crippen molar-refractivity contribution in [2.24, 2.45) is 0 Å². The van der Waals surface area contributed by atoms with E-state index >= 15 is 0 Å². The first kappa shape index (κ1) is 19.5. The molecule has 0 saturated carbocycles. The maximum Gasteiger partial charge on any atom is 0.263 e. The Morgan fingerprint density at radius 2 is 2.04 bits per heavy atom. The van der Waals surface area contributed by atoms with Crippen LogP contribution in [0, 0.1) is 6.92 Å². The summed E-state index contributed by atoms with van der Waals surface area (Å²) in [5.41, 5.74) is 0. The largest absolute Gasteiger partial charge is 0.351 e. The van der Waals surface area contributed by atoms with E-state index in [1.807, 2.05) is 13.8 Å². The number of carbonyl (C=O) groups excluding carboxylic acids is 1. The van der Waals surface area contributed by atoms with Gasteiger partial charge in [-0.1, -0.05) is 22.9 Å². The zero-order valence-electron chi connectivity index (χ0n) is 14.2. The highest BCUT2D eigenvalue weighted by molar-refractivity contribution is 7.17. The summed E-state index contributed by atoms with van der Waals surface area (Å²) in [6, 6.07) is 1.59. The molecule has 136 valence electrons. The van der Waals surface area contributed by atoms with Crippen LogP contribution in [-0.2, 0) is 9.47 Å². The number of amides is 1. The van der Waals surface area contributed by atoms with E-state index in [4.69, 9.17) is 21.1 Å². The molecule has 2 aromatic rings. The Kier molecular flexibility index (Phi) is 7.51. The van der Waals surface area contributed by atoms with Gasteiger partial charge in [-0.05, 0) is 20.8 Å². The quantitative estimate of drug-likeness (QED) is 0.505. The molecule has 8 nitrogen and oxygen atoms in total. The van der Waals surface area contributed by atoms with Gasteiger partial charge < -0.3 is 20.1 Å². The monoisotopic (exact) mass is 385 g/mol. The molecule has 0 aliphatic carbocycles. The summed E-state index contributed by atoms with van der Waals surface area (Å²) in [6.45, 7) is 6.77. The molecule has 10 heteroatoms. The van der Waals surface area contributed by atoms with Crippen molar-refractivity contribution in [1.29, 1.82) is 0 Å². The van der Waals surface area contributed by atoms with E-state index < -0.39 is 6.29 Å². The lowest BCUT2D eigenvalue weighted by Gasteiger charge is -2.16. The van der Waals surface area contributed by atoms with Crippen LogP contribution in [0.15, 0.2) is 12.3 Å². The molecule has 2 rings (SSSR count). The molecule has 0 spiro atoms. The Bertz CT molecular complexity index is 686. The summed E-state index contributed by atoms with van der Waals surface area (Å²) in [7, 11) is 0. The number of thiazole rings is 1. The lowest BCUT2D eigenvalue weighted by molar-refractivity contribution is -0.131. The van der Waals surface area contributed by atoms with Crippen molar-refractivity contribution in [3.05, 3.63) is 28.1 Å². The van der Waals surface area contributed by atoms with Crippen molar-refractivity contribution in [3.63, 3.8) is 0 Å². The molecule has 2 aromatic heterocycles. The van der Waals surface area contributed by atoms with Crippen LogP contribution in [0.2, 0.25) is 5.15 Å². The fourth-order valence-electron chi connectivity index (χ4n) is 1.94. The van der Waals surface area contributed by atoms with Gasteiger partial charge in [0.1, 0.15) is 21.7 Å². The number of anilines is 2. The van der Waals surface area contributed by atoms with Crippen LogP contribution in [0.5, 0.6) is 0 Å². The average Bonchev–Trinajstić information content (AvgIpc) is 3.00. The second-order valence-corrected chi connectivity index (χ2v) is 6.25. The van der Waals surface area contributed by atoms with Crippen LogP contribution in [0.4, 0.5) is 10.9 Å². The number of nitrogens with one attached hydrogen (secondary N) is 2. The predicted octanol–water partition coefficient (Wildman–Crippen LogP) is 2.77. The second-order valence-electron chi connectivity index (χ2n) is 4.83. The number of hydrogen-bond donors (Lipinski definition) is 2. The minimum atomic E-state index is -0.462. The molecule has 0 aliphatic heterocycles. The van der Waals surface area contributed by atoms with Crippen LogP contribution in [0.25, 0.3) is 0 Å². The van der Waals surface area contributed by atoms with E-state index in [1.165, 1.54) is 17.5 Å². The molecule has 0 saturated heterocycles. The third-order valence-corrected chi connectivity index (χ3v) is 4.01. The van der Waals surface area contributed by atoms with Gasteiger partial charge in [-0.2, -0.15) is 0 Å². The summed E-state index contributed by atoms with van der Waals surface area (Å²) in [5.74, 6) is 0.820. The van der Waals surface area contributed by atoms with Gasteiger partial charge in [0.25, 0.3) is 5.91 Å². The van der Waals surface area contributed by atoms with Crippen molar-refractivity contribution in [2.45, 2.75) is 27.1 Å². The lowest BCUT2D eigenvalue weighted by atomic mass is 10.5. The smallest absolute Gasteiger partial charge is 0.263 e. The van der Waals surface area contributed by atoms with Crippen molar-refractivity contribution < 1.29 is 14.3 Å². The highest BCUT2D eigenvalue weighted by Gasteiger charge is 2.14. The molecule has 0 unspecified atom stereocenters. The zero-order valence-corrected chi connectivity index (χ0v) is 15.8. The van der Waals surface area contributed by atoms with Crippen molar-refractivity contribution in [2.75, 3.05) is 25.1 Å². The van der Waals surface area contributed by atoms with Gasteiger partial charge in [0.2, 0.25) is 0 Å². The summed E-state index contributed by atoms with van der Waals surface area (Å²) in [6.07, 6.45) is 1.03. The average molecular weight is 386 g/mol. The van der Waals surface area contributed by atoms with Gasteiger partial charge in [-0.15, -0.1) is 0 Å². The van der Waals surface area contributed by atoms with E-state index in [9.17, 15) is 4.79 Å². The SMILES string of the molecule is CCOC(CNC(=O)c1cnc(Nc2cc(Cl)nc(C)n2)s1)OCC. The van der Waals surface area contributed by atoms with Gasteiger partial charge in [-0.3, -0.25) is 4.79 Å². The van der Waals surface area contributed by atoms with Crippen LogP contribution < -0.4 is 10.6 Å². The van der Waals surface area contributed by atoms with Crippen molar-refractivity contribution in [1.82, 2.24) is 20.3 Å². The van der Waals surface area contributed by atoms with E-state index in [-0.39, 0.29) is 12.5 Å². The van der Waals surface area contributed by atoms with Gasteiger partial charge in [-0.25, -0.2) is 15.0 Å². The number of rotatable bonds is 9. The molecule has 2 N–H and O–H groups in total. The van der Waals surface area contributed by atoms with E-state index in [2.05, 4.69) is 25.6 Å². The summed E-state index contributed by atoms with van der Waals surface area (Å²) < 4.78 is 10.8. The third-order valence-electron chi connectivity index (χ3n) is 2.91. The molecule has 0 aliphatic rings. The number of nitrogens with zero attached hydrogens (tertiary/aromatic N) is 3. The molecular formula is C15H20ClN5O3S. The predicted molar refractivity (Wildman–Crippen MR) is 96.5 cm³/mol. The van der Waals surface area contributed by atoms with Crippen LogP contribution in [-0.4, -0.2) is 46.9 Å². The van der Waals surface area contributed by atoms with Gasteiger partial charge in [0.05, 0.1) is 12.7 Å². The van der Waals surface area contributed by atoms with Crippen LogP contribution in [0.1, 0.15) is 29.3 Å². The number of aryl methyl sites for hydroxylation is 1. The first-order valence-electron chi connectivity index (χ1n) is 7.77. The van der Waals surface area contributed by atoms with E-state index in [0.29, 0.717) is 40.0 Å². The Balaban J connectivity index is 1.94. The fraction of sp³-hybridized carbons (Fsp3) is 0.467. The molecule has 0 atom stereocenters. The Morgan fingerprint density at radius 3 is 2.68 bits per heavy atom. The highest BCUT2D eigenvalue weighted by Crippen LogP contribution is 2.22. The van der Waals surface area contributed by atoms with Crippen molar-refractivity contribution in [3.8, 4) is 0 Å². The fourth-order valence-corrected chi connectivity index (χ4v) is 2.91. The highest BCUT2D eigenvalue weighted by atomic mass is 35.5. The summed E-state index contributed by atoms with van der Waals surface area (Å²) in [4.78, 5) is 25.0. The second kappa shape index (κ2) is 9.62. The molecular weight excluding hydrogens is 366 g/mol. The van der Waals surface area contributed by atoms with Crippen molar-refractivity contribution >= 4 is 39.8 Å². The topological polar surface area (TPSA) is 98.3 Å². The third kappa shape index (κ3) is 6.20. The molecule has 2 heterocycles. The maximum atomic E-state index is 12.2. The minimum absolute atomic E-state index is 0.244. The molecule has 0 bridgehead atoms. The van der Waals surface area contributed by atoms with E-state index in [1.54, 1.807) is 13.0 Å². The lowest BCUT2D eigenvalue weighted by Crippen LogP contribution is -2.35. The summed E-state index contributed by atoms with van der Waals surface area (Å²) in [5, 5.41) is 6.65. The van der Waals surface area contributed by atoms with Crippen LogP contribution in [0.3, 0.4) is 0 Å². The number of hydrogen-bond acceptors (Lipinski definition) is 8. The Labute approximate surface area is 154 Å². The first-order valence-corrected chi connectivity index (χ1v) is 8.96. The van der Waals surface area contributed by atoms with Gasteiger partial charge in [0.15, 0.2) is 11.4 Å². The normalized spacial score (nSPS) is 10.9. The number of carbonyl (C=O) groups is 1. The minimum Gasteiger partial charge on any atom is -0.351 e. The zero-order chi connectivity index (χ0) is 18.2. The Hall–Kier alpha value is -1.81. The van der Waals surface area contributed by atoms with Crippen LogP contribution >= 0.6 is 22.9 Å². The molecule has 1 amide bonds. The first-order chi connectivity index (χ1) is 12.0. The molecule has 0 fully saturated rings. The molecule has 0 aromatic carbocycles. The van der Waals surface area contributed by atoms with E-state index in [0.717, 1.165) is 0 Å². The van der Waals surface area contributed by atoms with Gasteiger partial charge in [0, 0.05) is 19.3 Å². The molecule has 0 radical (unpaired) electrons. The molecule has 25 heavy (non-hydrogen) atoms. The van der Waals surface area contributed by atoms with Gasteiger partial charge >= 0.3 is 0 Å². The maximum absolute atomic E-state index is 12.2. The Morgan fingerprint density at radius 1 is 1.32 bits per heavy atom. The number of halogens is 1.